The number of aliphatic hydroxyl groups is 1. The van der Waals surface area contributed by atoms with E-state index < -0.39 is 0 Å². The van der Waals surface area contributed by atoms with Crippen LogP contribution in [0.5, 0.6) is 0 Å². The number of rotatable bonds is 2. The van der Waals surface area contributed by atoms with Gasteiger partial charge in [-0.05, 0) is 13.3 Å². The highest BCUT2D eigenvalue weighted by atomic mass is 16.3. The lowest BCUT2D eigenvalue weighted by molar-refractivity contribution is -0.130. The Morgan fingerprint density at radius 3 is 2.62 bits per heavy atom. The summed E-state index contributed by atoms with van der Waals surface area (Å²) in [7, 11) is 3.50. The van der Waals surface area contributed by atoms with Gasteiger partial charge in [0.2, 0.25) is 5.91 Å². The van der Waals surface area contributed by atoms with Crippen LogP contribution in [0.25, 0.3) is 0 Å². The van der Waals surface area contributed by atoms with Crippen LogP contribution in [0.2, 0.25) is 0 Å². The van der Waals surface area contributed by atoms with Gasteiger partial charge in [-0.1, -0.05) is 0 Å². The van der Waals surface area contributed by atoms with Crippen LogP contribution in [0.1, 0.15) is 13.3 Å². The van der Waals surface area contributed by atoms with Gasteiger partial charge < -0.3 is 10.0 Å². The summed E-state index contributed by atoms with van der Waals surface area (Å²) in [4.78, 5) is 15.0. The Morgan fingerprint density at radius 1 is 1.62 bits per heavy atom. The van der Waals surface area contributed by atoms with Crippen LogP contribution in [-0.2, 0) is 4.79 Å². The van der Waals surface area contributed by atoms with Gasteiger partial charge in [0.25, 0.3) is 0 Å². The van der Waals surface area contributed by atoms with E-state index in [1.165, 1.54) is 0 Å². The number of amides is 1. The first-order chi connectivity index (χ1) is 6.00. The maximum absolute atomic E-state index is 11.4. The van der Waals surface area contributed by atoms with E-state index in [9.17, 15) is 9.90 Å². The zero-order chi connectivity index (χ0) is 10.0. The molecule has 1 amide bonds. The normalized spacial score (nSPS) is 29.2. The Balaban J connectivity index is 2.41. The molecule has 1 saturated heterocycles. The Kier molecular flexibility index (Phi) is 3.27. The average molecular weight is 186 g/mol. The van der Waals surface area contributed by atoms with Gasteiger partial charge in [0.15, 0.2) is 0 Å². The number of likely N-dealkylation sites (tertiary alicyclic amines) is 1. The summed E-state index contributed by atoms with van der Waals surface area (Å²) in [5.74, 6) is 0.0981. The van der Waals surface area contributed by atoms with Gasteiger partial charge in [0.1, 0.15) is 0 Å². The highest BCUT2D eigenvalue weighted by Gasteiger charge is 2.28. The minimum atomic E-state index is -0.259. The number of nitrogens with zero attached hydrogens (tertiary/aromatic N) is 2. The summed E-state index contributed by atoms with van der Waals surface area (Å²) >= 11 is 0. The predicted molar refractivity (Wildman–Crippen MR) is 50.4 cm³/mol. The first-order valence-electron chi connectivity index (χ1n) is 4.63. The highest BCUT2D eigenvalue weighted by Crippen LogP contribution is 2.16. The number of hydrogen-bond donors (Lipinski definition) is 1. The second-order valence-corrected chi connectivity index (χ2v) is 3.96. The van der Waals surface area contributed by atoms with Crippen LogP contribution in [0.15, 0.2) is 0 Å². The number of hydrogen-bond acceptors (Lipinski definition) is 3. The number of likely N-dealkylation sites (N-methyl/N-ethyl adjacent to an activating group) is 1. The Bertz CT molecular complexity index is 194. The predicted octanol–water partition coefficient (Wildman–Crippen LogP) is -0.470. The van der Waals surface area contributed by atoms with Crippen molar-refractivity contribution in [2.24, 2.45) is 0 Å². The fourth-order valence-corrected chi connectivity index (χ4v) is 1.60. The Labute approximate surface area is 79.1 Å². The van der Waals surface area contributed by atoms with Crippen molar-refractivity contribution in [2.75, 3.05) is 27.2 Å². The number of carbonyl (C=O) groups is 1. The van der Waals surface area contributed by atoms with Gasteiger partial charge in [0, 0.05) is 26.7 Å². The molecule has 0 aliphatic carbocycles. The molecule has 1 N–H and O–H groups in total. The molecule has 0 aromatic rings. The third-order valence-electron chi connectivity index (χ3n) is 2.52. The van der Waals surface area contributed by atoms with E-state index in [-0.39, 0.29) is 12.0 Å². The highest BCUT2D eigenvalue weighted by molar-refractivity contribution is 5.77. The maximum atomic E-state index is 11.4. The minimum absolute atomic E-state index is 0.0981. The molecule has 1 aliphatic rings. The molecule has 2 unspecified atom stereocenters. The summed E-state index contributed by atoms with van der Waals surface area (Å²) in [6, 6.07) is 0.318. The second-order valence-electron chi connectivity index (χ2n) is 3.96. The molecule has 1 rings (SSSR count). The van der Waals surface area contributed by atoms with Crippen molar-refractivity contribution >= 4 is 5.91 Å². The van der Waals surface area contributed by atoms with Crippen molar-refractivity contribution in [3.05, 3.63) is 0 Å². The van der Waals surface area contributed by atoms with Crippen LogP contribution in [0.3, 0.4) is 0 Å². The van der Waals surface area contributed by atoms with Crippen molar-refractivity contribution in [1.29, 1.82) is 0 Å². The van der Waals surface area contributed by atoms with Crippen LogP contribution in [0, 0.1) is 0 Å². The van der Waals surface area contributed by atoms with Gasteiger partial charge in [0.05, 0.1) is 12.6 Å². The van der Waals surface area contributed by atoms with Crippen molar-refractivity contribution in [3.63, 3.8) is 0 Å². The van der Waals surface area contributed by atoms with E-state index in [0.717, 1.165) is 6.42 Å². The standard InChI is InChI=1S/C9H18N2O2/c1-7-4-8(12)5-11(7)6-9(13)10(2)3/h7-8,12H,4-6H2,1-3H3. The number of β-amino-alcohol motifs (C(OH)–C–C–N with tert-alkyl or cyclic N) is 1. The van der Waals surface area contributed by atoms with E-state index in [1.54, 1.807) is 19.0 Å². The molecule has 0 bridgehead atoms. The lowest BCUT2D eigenvalue weighted by atomic mass is 10.2. The summed E-state index contributed by atoms with van der Waals surface area (Å²) in [6.45, 7) is 3.09. The third kappa shape index (κ3) is 2.67. The molecule has 2 atom stereocenters. The third-order valence-corrected chi connectivity index (χ3v) is 2.52. The van der Waals surface area contributed by atoms with E-state index >= 15 is 0 Å². The molecule has 0 aromatic heterocycles. The van der Waals surface area contributed by atoms with Crippen molar-refractivity contribution in [3.8, 4) is 0 Å². The molecule has 1 heterocycles. The van der Waals surface area contributed by atoms with E-state index in [2.05, 4.69) is 0 Å². The molecular weight excluding hydrogens is 168 g/mol. The Hall–Kier alpha value is -0.610. The molecule has 13 heavy (non-hydrogen) atoms. The fourth-order valence-electron chi connectivity index (χ4n) is 1.60. The largest absolute Gasteiger partial charge is 0.392 e. The average Bonchev–Trinajstić information content (AvgIpc) is 2.30. The molecule has 76 valence electrons. The first-order valence-corrected chi connectivity index (χ1v) is 4.63. The van der Waals surface area contributed by atoms with Crippen LogP contribution >= 0.6 is 0 Å². The van der Waals surface area contributed by atoms with Crippen LogP contribution in [0.4, 0.5) is 0 Å². The molecule has 4 nitrogen and oxygen atoms in total. The minimum Gasteiger partial charge on any atom is -0.392 e. The zero-order valence-corrected chi connectivity index (χ0v) is 8.53. The fraction of sp³-hybridized carbons (Fsp3) is 0.889. The summed E-state index contributed by atoms with van der Waals surface area (Å²) in [6.07, 6.45) is 0.519. The summed E-state index contributed by atoms with van der Waals surface area (Å²) < 4.78 is 0. The van der Waals surface area contributed by atoms with Crippen molar-refractivity contribution < 1.29 is 9.90 Å². The SMILES string of the molecule is CC1CC(O)CN1CC(=O)N(C)C. The molecule has 4 heteroatoms. The lowest BCUT2D eigenvalue weighted by Gasteiger charge is -2.21. The van der Waals surface area contributed by atoms with E-state index in [0.29, 0.717) is 19.1 Å². The van der Waals surface area contributed by atoms with Crippen molar-refractivity contribution in [1.82, 2.24) is 9.80 Å². The van der Waals surface area contributed by atoms with E-state index in [4.69, 9.17) is 0 Å². The van der Waals surface area contributed by atoms with Crippen LogP contribution < -0.4 is 0 Å². The molecule has 1 aliphatic heterocycles. The molecule has 0 radical (unpaired) electrons. The summed E-state index contributed by atoms with van der Waals surface area (Å²) in [5, 5.41) is 9.35. The van der Waals surface area contributed by atoms with Gasteiger partial charge in [-0.15, -0.1) is 0 Å². The van der Waals surface area contributed by atoms with Gasteiger partial charge >= 0.3 is 0 Å². The number of carbonyl (C=O) groups excluding carboxylic acids is 1. The molecular formula is C9H18N2O2. The molecule has 0 spiro atoms. The van der Waals surface area contributed by atoms with E-state index in [1.807, 2.05) is 11.8 Å². The molecule has 0 saturated carbocycles. The second kappa shape index (κ2) is 4.07. The molecule has 1 fully saturated rings. The Morgan fingerprint density at radius 2 is 2.23 bits per heavy atom. The zero-order valence-electron chi connectivity index (χ0n) is 8.53. The maximum Gasteiger partial charge on any atom is 0.236 e. The monoisotopic (exact) mass is 186 g/mol. The van der Waals surface area contributed by atoms with Crippen molar-refractivity contribution in [2.45, 2.75) is 25.5 Å². The van der Waals surface area contributed by atoms with Gasteiger partial charge in [-0.25, -0.2) is 0 Å². The first kappa shape index (κ1) is 10.5. The summed E-state index contributed by atoms with van der Waals surface area (Å²) in [5.41, 5.74) is 0. The number of aliphatic hydroxyl groups excluding tert-OH is 1. The van der Waals surface area contributed by atoms with Gasteiger partial charge in [-0.2, -0.15) is 0 Å². The molecule has 0 aromatic carbocycles. The lowest BCUT2D eigenvalue weighted by Crippen LogP contribution is -2.38. The smallest absolute Gasteiger partial charge is 0.236 e. The van der Waals surface area contributed by atoms with Crippen LogP contribution in [-0.4, -0.2) is 60.1 Å². The van der Waals surface area contributed by atoms with Gasteiger partial charge in [-0.3, -0.25) is 9.69 Å². The topological polar surface area (TPSA) is 43.8 Å². The quantitative estimate of drug-likeness (QED) is 0.634.